The van der Waals surface area contributed by atoms with Gasteiger partial charge in [-0.05, 0) is 56.1 Å². The van der Waals surface area contributed by atoms with E-state index in [1.807, 2.05) is 0 Å². The minimum atomic E-state index is -4.54. The fourth-order valence-corrected chi connectivity index (χ4v) is 6.42. The van der Waals surface area contributed by atoms with Crippen molar-refractivity contribution in [2.24, 2.45) is 11.3 Å². The molecular weight excluding hydrogens is 473 g/mol. The molecule has 9 heteroatoms. The Balaban J connectivity index is 1.44. The number of amides is 1. The fraction of sp³-hybridized carbons (Fsp3) is 0.741. The summed E-state index contributed by atoms with van der Waals surface area (Å²) >= 11 is 0. The van der Waals surface area contributed by atoms with Crippen LogP contribution in [-0.2, 0) is 26.0 Å². The van der Waals surface area contributed by atoms with E-state index in [1.54, 1.807) is 12.0 Å². The van der Waals surface area contributed by atoms with Gasteiger partial charge in [-0.2, -0.15) is 13.2 Å². The number of piperidine rings is 1. The number of nitrogens with zero attached hydrogens (tertiary/aromatic N) is 1. The van der Waals surface area contributed by atoms with E-state index in [2.05, 4.69) is 19.2 Å². The van der Waals surface area contributed by atoms with Crippen LogP contribution in [0.25, 0.3) is 0 Å². The maximum absolute atomic E-state index is 13.9. The number of benzene rings is 1. The minimum absolute atomic E-state index is 0.0113. The minimum Gasteiger partial charge on any atom is -0.385 e. The number of hydrogen-bond acceptors (Lipinski definition) is 5. The second-order valence-corrected chi connectivity index (χ2v) is 11.0. The Bertz CT molecular complexity index is 917. The normalized spacial score (nSPS) is 31.1. The average molecular weight is 513 g/mol. The SMILES string of the molecule is COC1COCCC1N[C@@H]1CCC(C(=O)N2CCC(O)(c3ccccc3C(F)(F)F)CC2)(C(C)C)C1. The molecule has 6 nitrogen and oxygen atoms in total. The molecule has 36 heavy (non-hydrogen) atoms. The summed E-state index contributed by atoms with van der Waals surface area (Å²) in [4.78, 5) is 15.7. The lowest BCUT2D eigenvalue weighted by Gasteiger charge is -2.44. The van der Waals surface area contributed by atoms with E-state index >= 15 is 0 Å². The number of rotatable bonds is 6. The van der Waals surface area contributed by atoms with Gasteiger partial charge in [0.2, 0.25) is 5.91 Å². The van der Waals surface area contributed by atoms with Gasteiger partial charge in [0.1, 0.15) is 0 Å². The molecule has 2 N–H and O–H groups in total. The molecule has 1 aromatic rings. The zero-order valence-electron chi connectivity index (χ0n) is 21.4. The van der Waals surface area contributed by atoms with Crippen LogP contribution in [0.15, 0.2) is 24.3 Å². The van der Waals surface area contributed by atoms with Crippen molar-refractivity contribution in [3.05, 3.63) is 35.4 Å². The Hall–Kier alpha value is -1.68. The molecule has 4 rings (SSSR count). The van der Waals surface area contributed by atoms with Gasteiger partial charge in [0, 0.05) is 38.9 Å². The van der Waals surface area contributed by atoms with Gasteiger partial charge in [-0.1, -0.05) is 32.0 Å². The van der Waals surface area contributed by atoms with Crippen LogP contribution in [0.1, 0.15) is 63.5 Å². The van der Waals surface area contributed by atoms with Gasteiger partial charge in [0.05, 0.1) is 29.3 Å². The maximum atomic E-state index is 13.9. The van der Waals surface area contributed by atoms with Crippen molar-refractivity contribution in [1.82, 2.24) is 10.2 Å². The molecule has 0 aromatic heterocycles. The van der Waals surface area contributed by atoms with Gasteiger partial charge in [-0.25, -0.2) is 0 Å². The van der Waals surface area contributed by atoms with Crippen molar-refractivity contribution in [3.63, 3.8) is 0 Å². The number of likely N-dealkylation sites (tertiary alicyclic amines) is 1. The Morgan fingerprint density at radius 2 is 1.89 bits per heavy atom. The van der Waals surface area contributed by atoms with Crippen molar-refractivity contribution in [2.75, 3.05) is 33.4 Å². The number of aliphatic hydroxyl groups is 1. The molecule has 0 spiro atoms. The van der Waals surface area contributed by atoms with Gasteiger partial charge in [-0.15, -0.1) is 0 Å². The molecule has 0 radical (unpaired) electrons. The first-order valence-corrected chi connectivity index (χ1v) is 13.1. The molecule has 202 valence electrons. The topological polar surface area (TPSA) is 71.0 Å². The van der Waals surface area contributed by atoms with Gasteiger partial charge in [0.25, 0.3) is 0 Å². The lowest BCUT2D eigenvalue weighted by molar-refractivity contribution is -0.151. The number of nitrogens with one attached hydrogen (secondary N) is 1. The third kappa shape index (κ3) is 5.30. The molecule has 2 heterocycles. The van der Waals surface area contributed by atoms with Crippen LogP contribution in [0.4, 0.5) is 13.2 Å². The average Bonchev–Trinajstić information content (AvgIpc) is 3.29. The van der Waals surface area contributed by atoms with E-state index < -0.39 is 22.8 Å². The first kappa shape index (κ1) is 27.4. The maximum Gasteiger partial charge on any atom is 0.416 e. The highest BCUT2D eigenvalue weighted by atomic mass is 19.4. The molecule has 1 amide bonds. The number of methoxy groups -OCH3 is 1. The third-order valence-corrected chi connectivity index (χ3v) is 8.75. The number of ether oxygens (including phenoxy) is 2. The van der Waals surface area contributed by atoms with E-state index in [0.29, 0.717) is 13.2 Å². The lowest BCUT2D eigenvalue weighted by atomic mass is 9.73. The third-order valence-electron chi connectivity index (χ3n) is 8.75. The lowest BCUT2D eigenvalue weighted by Crippen LogP contribution is -2.53. The van der Waals surface area contributed by atoms with Gasteiger partial charge >= 0.3 is 6.18 Å². The summed E-state index contributed by atoms with van der Waals surface area (Å²) in [5.41, 5.74) is -3.04. The Kier molecular flexibility index (Phi) is 8.05. The highest BCUT2D eigenvalue weighted by Gasteiger charge is 2.51. The van der Waals surface area contributed by atoms with E-state index in [1.165, 1.54) is 18.2 Å². The zero-order valence-corrected chi connectivity index (χ0v) is 21.4. The van der Waals surface area contributed by atoms with Crippen LogP contribution in [0, 0.1) is 11.3 Å². The summed E-state index contributed by atoms with van der Waals surface area (Å²) in [7, 11) is 1.69. The van der Waals surface area contributed by atoms with Crippen LogP contribution < -0.4 is 5.32 Å². The van der Waals surface area contributed by atoms with Crippen LogP contribution in [0.2, 0.25) is 0 Å². The molecule has 3 aliphatic rings. The number of carbonyl (C=O) groups is 1. The van der Waals surface area contributed by atoms with Gasteiger partial charge in [0.15, 0.2) is 0 Å². The highest BCUT2D eigenvalue weighted by Crippen LogP contribution is 2.48. The number of hydrogen-bond donors (Lipinski definition) is 2. The number of carbonyl (C=O) groups excluding carboxylic acids is 1. The summed E-state index contributed by atoms with van der Waals surface area (Å²) in [6, 6.07) is 5.60. The molecule has 4 atom stereocenters. The highest BCUT2D eigenvalue weighted by molar-refractivity contribution is 5.83. The second-order valence-electron chi connectivity index (χ2n) is 11.0. The predicted octanol–water partition coefficient (Wildman–Crippen LogP) is 4.10. The molecule has 0 bridgehead atoms. The van der Waals surface area contributed by atoms with Gasteiger partial charge < -0.3 is 24.8 Å². The van der Waals surface area contributed by atoms with Crippen LogP contribution in [0.3, 0.4) is 0 Å². The number of alkyl halides is 3. The van der Waals surface area contributed by atoms with E-state index in [0.717, 1.165) is 31.7 Å². The quantitative estimate of drug-likeness (QED) is 0.601. The molecule has 2 saturated heterocycles. The van der Waals surface area contributed by atoms with E-state index in [4.69, 9.17) is 9.47 Å². The molecule has 1 saturated carbocycles. The molecule has 3 fully saturated rings. The summed E-state index contributed by atoms with van der Waals surface area (Å²) < 4.78 is 51.8. The monoisotopic (exact) mass is 512 g/mol. The fourth-order valence-electron chi connectivity index (χ4n) is 6.42. The van der Waals surface area contributed by atoms with Crippen LogP contribution >= 0.6 is 0 Å². The molecule has 2 aliphatic heterocycles. The van der Waals surface area contributed by atoms with E-state index in [9.17, 15) is 23.1 Å². The second kappa shape index (κ2) is 10.6. The van der Waals surface area contributed by atoms with Crippen LogP contribution in [0.5, 0.6) is 0 Å². The van der Waals surface area contributed by atoms with Crippen molar-refractivity contribution in [1.29, 1.82) is 0 Å². The van der Waals surface area contributed by atoms with E-state index in [-0.39, 0.29) is 61.5 Å². The van der Waals surface area contributed by atoms with Crippen molar-refractivity contribution >= 4 is 5.91 Å². The smallest absolute Gasteiger partial charge is 0.385 e. The number of halogens is 3. The van der Waals surface area contributed by atoms with Crippen molar-refractivity contribution in [3.8, 4) is 0 Å². The summed E-state index contributed by atoms with van der Waals surface area (Å²) in [5.74, 6) is 0.180. The molecular formula is C27H39F3N2O4. The molecule has 3 unspecified atom stereocenters. The summed E-state index contributed by atoms with van der Waals surface area (Å²) in [5, 5.41) is 14.9. The van der Waals surface area contributed by atoms with Gasteiger partial charge in [-0.3, -0.25) is 4.79 Å². The first-order valence-electron chi connectivity index (χ1n) is 13.1. The largest absolute Gasteiger partial charge is 0.416 e. The Morgan fingerprint density at radius 1 is 1.19 bits per heavy atom. The molecule has 1 aromatic carbocycles. The summed E-state index contributed by atoms with van der Waals surface area (Å²) in [6.07, 6.45) is -1.16. The Morgan fingerprint density at radius 3 is 2.53 bits per heavy atom. The predicted molar refractivity (Wildman–Crippen MR) is 129 cm³/mol. The molecule has 1 aliphatic carbocycles. The standard InChI is InChI=1S/C27H39F3N2O4/c1-18(2)25(10-8-19(16-25)31-22-9-15-36-17-23(22)35-3)24(33)32-13-11-26(34,12-14-32)20-6-4-5-7-21(20)27(28,29)30/h4-7,18-19,22-23,31,34H,8-17H2,1-3H3/t19-,22?,23?,25?/m1/s1. The van der Waals surface area contributed by atoms with Crippen molar-refractivity contribution < 1.29 is 32.5 Å². The Labute approximate surface area is 211 Å². The summed E-state index contributed by atoms with van der Waals surface area (Å²) in [6.45, 7) is 5.87. The zero-order chi connectivity index (χ0) is 26.1. The van der Waals surface area contributed by atoms with Crippen LogP contribution in [-0.4, -0.2) is 67.5 Å². The first-order chi connectivity index (χ1) is 17.0. The van der Waals surface area contributed by atoms with Crippen molar-refractivity contribution in [2.45, 2.75) is 82.3 Å².